The number of aryl methyl sites for hydroxylation is 1. The van der Waals surface area contributed by atoms with Crippen LogP contribution in [-0.4, -0.2) is 24.5 Å². The van der Waals surface area contributed by atoms with Crippen LogP contribution in [0.5, 0.6) is 0 Å². The summed E-state index contributed by atoms with van der Waals surface area (Å²) in [6.45, 7) is 8.63. The lowest BCUT2D eigenvalue weighted by Gasteiger charge is -2.19. The van der Waals surface area contributed by atoms with Crippen LogP contribution in [0.2, 0.25) is 5.15 Å². The molecule has 5 nitrogen and oxygen atoms in total. The van der Waals surface area contributed by atoms with E-state index in [4.69, 9.17) is 11.6 Å². The van der Waals surface area contributed by atoms with E-state index >= 15 is 0 Å². The molecule has 0 aliphatic rings. The van der Waals surface area contributed by atoms with Gasteiger partial charge in [-0.3, -0.25) is 0 Å². The molecule has 0 atom stereocenters. The van der Waals surface area contributed by atoms with Crippen molar-refractivity contribution in [2.45, 2.75) is 44.0 Å². The quantitative estimate of drug-likeness (QED) is 0.338. The number of benzene rings is 2. The molecule has 0 bridgehead atoms. The molecule has 0 radical (unpaired) electrons. The van der Waals surface area contributed by atoms with Gasteiger partial charge in [0, 0.05) is 23.9 Å². The van der Waals surface area contributed by atoms with Gasteiger partial charge in [-0.1, -0.05) is 86.6 Å². The van der Waals surface area contributed by atoms with E-state index in [-0.39, 0.29) is 5.41 Å². The van der Waals surface area contributed by atoms with E-state index in [0.29, 0.717) is 10.9 Å². The smallest absolute Gasteiger partial charge is 0.191 e. The number of hydrogen-bond donors (Lipinski definition) is 0. The van der Waals surface area contributed by atoms with E-state index in [9.17, 15) is 0 Å². The second kappa shape index (κ2) is 8.52. The average molecular weight is 452 g/mol. The molecule has 0 aliphatic heterocycles. The molecule has 4 rings (SSSR count). The lowest BCUT2D eigenvalue weighted by molar-refractivity contribution is 0.590. The number of aromatic nitrogens is 5. The molecule has 2 aromatic heterocycles. The van der Waals surface area contributed by atoms with Crippen LogP contribution in [0.4, 0.5) is 0 Å². The normalized spacial score (nSPS) is 11.8. The summed E-state index contributed by atoms with van der Waals surface area (Å²) < 4.78 is 3.81. The molecule has 0 saturated heterocycles. The summed E-state index contributed by atoms with van der Waals surface area (Å²) in [4.78, 5) is 0. The predicted octanol–water partition coefficient (Wildman–Crippen LogP) is 6.22. The van der Waals surface area contributed by atoms with E-state index in [1.807, 2.05) is 48.9 Å². The van der Waals surface area contributed by atoms with Crippen molar-refractivity contribution in [2.75, 3.05) is 0 Å². The van der Waals surface area contributed by atoms with E-state index in [0.717, 1.165) is 33.5 Å². The highest BCUT2D eigenvalue weighted by atomic mass is 35.5. The van der Waals surface area contributed by atoms with Crippen LogP contribution in [0, 0.1) is 6.92 Å². The Morgan fingerprint density at radius 3 is 2.29 bits per heavy atom. The average Bonchev–Trinajstić information content (AvgIpc) is 3.25. The molecular formula is C24H26ClN5S. The van der Waals surface area contributed by atoms with Crippen LogP contribution in [-0.2, 0) is 18.2 Å². The fourth-order valence-corrected chi connectivity index (χ4v) is 4.80. The first-order chi connectivity index (χ1) is 14.8. The van der Waals surface area contributed by atoms with E-state index < -0.39 is 0 Å². The van der Waals surface area contributed by atoms with Gasteiger partial charge in [0.15, 0.2) is 11.0 Å². The van der Waals surface area contributed by atoms with Gasteiger partial charge in [0.25, 0.3) is 0 Å². The Kier molecular flexibility index (Phi) is 5.95. The maximum Gasteiger partial charge on any atom is 0.191 e. The summed E-state index contributed by atoms with van der Waals surface area (Å²) in [5.74, 6) is 1.53. The molecule has 2 heterocycles. The van der Waals surface area contributed by atoms with Crippen LogP contribution in [0.1, 0.15) is 37.6 Å². The number of halogens is 1. The first-order valence-corrected chi connectivity index (χ1v) is 11.5. The predicted molar refractivity (Wildman–Crippen MR) is 128 cm³/mol. The summed E-state index contributed by atoms with van der Waals surface area (Å²) in [6, 6.07) is 18.5. The summed E-state index contributed by atoms with van der Waals surface area (Å²) in [5.41, 5.74) is 5.36. The molecule has 0 aliphatic carbocycles. The minimum Gasteiger partial charge on any atom is -0.305 e. The molecule has 0 amide bonds. The minimum atomic E-state index is 0.126. The Bertz CT molecular complexity index is 1190. The third-order valence-electron chi connectivity index (χ3n) is 5.31. The summed E-state index contributed by atoms with van der Waals surface area (Å²) in [7, 11) is 2.00. The highest BCUT2D eigenvalue weighted by Crippen LogP contribution is 2.31. The maximum atomic E-state index is 6.67. The van der Waals surface area contributed by atoms with Crippen LogP contribution < -0.4 is 0 Å². The second-order valence-electron chi connectivity index (χ2n) is 8.58. The highest BCUT2D eigenvalue weighted by Gasteiger charge is 2.18. The van der Waals surface area contributed by atoms with E-state index in [1.165, 1.54) is 5.56 Å². The molecule has 160 valence electrons. The fourth-order valence-electron chi connectivity index (χ4n) is 3.38. The third-order valence-corrected chi connectivity index (χ3v) is 6.75. The molecule has 4 aromatic rings. The first-order valence-electron chi connectivity index (χ1n) is 10.2. The van der Waals surface area contributed by atoms with Gasteiger partial charge in [-0.15, -0.1) is 10.2 Å². The molecule has 0 spiro atoms. The van der Waals surface area contributed by atoms with Crippen molar-refractivity contribution >= 4 is 23.4 Å². The lowest BCUT2D eigenvalue weighted by atomic mass is 9.87. The Hall–Kier alpha value is -2.57. The number of rotatable bonds is 5. The van der Waals surface area contributed by atoms with Crippen molar-refractivity contribution in [1.29, 1.82) is 0 Å². The molecule has 2 aromatic carbocycles. The van der Waals surface area contributed by atoms with E-state index in [1.54, 1.807) is 16.4 Å². The van der Waals surface area contributed by atoms with Crippen molar-refractivity contribution in [1.82, 2.24) is 24.5 Å². The standard InChI is InChI=1S/C24H26ClN5S/c1-16-20(21(25)30(28-16)19-9-7-6-8-10-19)15-31-23-27-26-22(29(23)5)17-11-13-18(14-12-17)24(2,3)4/h6-14H,15H2,1-5H3. The number of nitrogens with zero attached hydrogens (tertiary/aromatic N) is 5. The lowest BCUT2D eigenvalue weighted by Crippen LogP contribution is -2.10. The van der Waals surface area contributed by atoms with Crippen LogP contribution >= 0.6 is 23.4 Å². The molecular weight excluding hydrogens is 426 g/mol. The van der Waals surface area contributed by atoms with Gasteiger partial charge in [0.1, 0.15) is 5.15 Å². The minimum absolute atomic E-state index is 0.126. The Morgan fingerprint density at radius 1 is 0.968 bits per heavy atom. The molecule has 0 unspecified atom stereocenters. The number of thioether (sulfide) groups is 1. The zero-order valence-electron chi connectivity index (χ0n) is 18.4. The second-order valence-corrected chi connectivity index (χ2v) is 9.88. The van der Waals surface area contributed by atoms with Gasteiger partial charge >= 0.3 is 0 Å². The third kappa shape index (κ3) is 4.41. The van der Waals surface area contributed by atoms with E-state index in [2.05, 4.69) is 60.3 Å². The van der Waals surface area contributed by atoms with Crippen molar-refractivity contribution in [2.24, 2.45) is 7.05 Å². The summed E-state index contributed by atoms with van der Waals surface area (Å²) >= 11 is 8.28. The maximum absolute atomic E-state index is 6.67. The Labute approximate surface area is 192 Å². The number of hydrogen-bond acceptors (Lipinski definition) is 4. The fraction of sp³-hybridized carbons (Fsp3) is 0.292. The largest absolute Gasteiger partial charge is 0.305 e. The van der Waals surface area contributed by atoms with Crippen LogP contribution in [0.15, 0.2) is 59.8 Å². The zero-order chi connectivity index (χ0) is 22.2. The first kappa shape index (κ1) is 21.7. The zero-order valence-corrected chi connectivity index (χ0v) is 20.0. The monoisotopic (exact) mass is 451 g/mol. The Morgan fingerprint density at radius 2 is 1.65 bits per heavy atom. The van der Waals surface area contributed by atoms with Crippen LogP contribution in [0.3, 0.4) is 0 Å². The highest BCUT2D eigenvalue weighted by molar-refractivity contribution is 7.98. The van der Waals surface area contributed by atoms with Gasteiger partial charge in [-0.2, -0.15) is 5.10 Å². The van der Waals surface area contributed by atoms with Gasteiger partial charge in [-0.05, 0) is 30.0 Å². The van der Waals surface area contributed by atoms with Gasteiger partial charge < -0.3 is 4.57 Å². The van der Waals surface area contributed by atoms with Crippen molar-refractivity contribution in [3.05, 3.63) is 76.6 Å². The van der Waals surface area contributed by atoms with Gasteiger partial charge in [0.2, 0.25) is 0 Å². The molecule has 7 heteroatoms. The van der Waals surface area contributed by atoms with Gasteiger partial charge in [-0.25, -0.2) is 4.68 Å². The number of para-hydroxylation sites is 1. The van der Waals surface area contributed by atoms with Gasteiger partial charge in [0.05, 0.1) is 11.4 Å². The molecule has 0 N–H and O–H groups in total. The van der Waals surface area contributed by atoms with Crippen LogP contribution in [0.25, 0.3) is 17.1 Å². The van der Waals surface area contributed by atoms with Crippen molar-refractivity contribution in [3.63, 3.8) is 0 Å². The summed E-state index contributed by atoms with van der Waals surface area (Å²) in [6.07, 6.45) is 0. The van der Waals surface area contributed by atoms with Crippen molar-refractivity contribution in [3.8, 4) is 17.1 Å². The molecule has 31 heavy (non-hydrogen) atoms. The summed E-state index contributed by atoms with van der Waals surface area (Å²) in [5, 5.41) is 14.9. The topological polar surface area (TPSA) is 48.5 Å². The SMILES string of the molecule is Cc1nn(-c2ccccc2)c(Cl)c1CSc1nnc(-c2ccc(C(C)(C)C)cc2)n1C. The van der Waals surface area contributed by atoms with Crippen molar-refractivity contribution < 1.29 is 0 Å². The molecule has 0 fully saturated rings. The Balaban J connectivity index is 1.53. The molecule has 0 saturated carbocycles.